The smallest absolute Gasteiger partial charge is 0.255 e. The second-order valence-electron chi connectivity index (χ2n) is 4.32. The van der Waals surface area contributed by atoms with Crippen LogP contribution in [0, 0.1) is 0 Å². The Labute approximate surface area is 122 Å². The molecule has 0 radical (unpaired) electrons. The fraction of sp³-hybridized carbons (Fsp3) is 0.125. The van der Waals surface area contributed by atoms with Crippen LogP contribution in [0.3, 0.4) is 0 Å². The molecule has 3 nitrogen and oxygen atoms in total. The molecule has 0 saturated carbocycles. The van der Waals surface area contributed by atoms with Gasteiger partial charge in [-0.2, -0.15) is 0 Å². The van der Waals surface area contributed by atoms with Crippen molar-refractivity contribution in [1.29, 1.82) is 0 Å². The van der Waals surface area contributed by atoms with Gasteiger partial charge in [-0.25, -0.2) is 0 Å². The lowest BCUT2D eigenvalue weighted by Gasteiger charge is -2.07. The van der Waals surface area contributed by atoms with Crippen LogP contribution >= 0.6 is 11.8 Å². The van der Waals surface area contributed by atoms with Crippen molar-refractivity contribution in [3.05, 3.63) is 59.7 Å². The lowest BCUT2D eigenvalue weighted by Crippen LogP contribution is -2.12. The van der Waals surface area contributed by atoms with Gasteiger partial charge in [-0.1, -0.05) is 12.1 Å². The molecule has 0 spiro atoms. The van der Waals surface area contributed by atoms with Gasteiger partial charge in [-0.3, -0.25) is 9.59 Å². The van der Waals surface area contributed by atoms with Gasteiger partial charge in [0.05, 0.1) is 0 Å². The minimum atomic E-state index is -0.182. The van der Waals surface area contributed by atoms with Crippen LogP contribution in [0.5, 0.6) is 0 Å². The first-order chi connectivity index (χ1) is 9.60. The number of hydrogen-bond donors (Lipinski definition) is 1. The topological polar surface area (TPSA) is 46.2 Å². The van der Waals surface area contributed by atoms with Gasteiger partial charge in [0, 0.05) is 21.7 Å². The number of anilines is 1. The number of carbonyl (C=O) groups is 2. The van der Waals surface area contributed by atoms with Crippen LogP contribution < -0.4 is 5.32 Å². The molecule has 1 amide bonds. The van der Waals surface area contributed by atoms with Crippen LogP contribution in [-0.2, 0) is 0 Å². The number of rotatable bonds is 4. The Morgan fingerprint density at radius 1 is 1.00 bits per heavy atom. The van der Waals surface area contributed by atoms with Crippen molar-refractivity contribution >= 4 is 29.1 Å². The Kier molecular flexibility index (Phi) is 4.58. The van der Waals surface area contributed by atoms with Crippen LogP contribution in [0.15, 0.2) is 53.4 Å². The summed E-state index contributed by atoms with van der Waals surface area (Å²) in [5.41, 5.74) is 1.80. The van der Waals surface area contributed by atoms with E-state index in [1.807, 2.05) is 18.4 Å². The molecular formula is C16H15NO2S. The lowest BCUT2D eigenvalue weighted by molar-refractivity contribution is 0.101. The zero-order valence-electron chi connectivity index (χ0n) is 11.3. The largest absolute Gasteiger partial charge is 0.322 e. The molecule has 0 aliphatic heterocycles. The average molecular weight is 285 g/mol. The normalized spacial score (nSPS) is 10.1. The first kappa shape index (κ1) is 14.3. The monoisotopic (exact) mass is 285 g/mol. The maximum atomic E-state index is 12.1. The maximum Gasteiger partial charge on any atom is 0.255 e. The Morgan fingerprint density at radius 2 is 1.70 bits per heavy atom. The highest BCUT2D eigenvalue weighted by Crippen LogP contribution is 2.16. The standard InChI is InChI=1S/C16H15NO2S/c1-11(18)13-4-3-5-14(10-13)17-16(19)12-6-8-15(20-2)9-7-12/h3-10H,1-2H3,(H,17,19). The summed E-state index contributed by atoms with van der Waals surface area (Å²) in [4.78, 5) is 24.5. The third-order valence-electron chi connectivity index (χ3n) is 2.88. The summed E-state index contributed by atoms with van der Waals surface area (Å²) in [6, 6.07) is 14.3. The molecule has 1 N–H and O–H groups in total. The molecule has 0 saturated heterocycles. The predicted octanol–water partition coefficient (Wildman–Crippen LogP) is 3.86. The molecule has 20 heavy (non-hydrogen) atoms. The molecule has 102 valence electrons. The molecule has 0 unspecified atom stereocenters. The van der Waals surface area contributed by atoms with Crippen molar-refractivity contribution in [3.8, 4) is 0 Å². The molecule has 0 fully saturated rings. The Balaban J connectivity index is 2.14. The summed E-state index contributed by atoms with van der Waals surface area (Å²) in [5, 5.41) is 2.79. The van der Waals surface area contributed by atoms with Crippen molar-refractivity contribution in [2.45, 2.75) is 11.8 Å². The number of amides is 1. The van der Waals surface area contributed by atoms with E-state index in [1.54, 1.807) is 48.2 Å². The third kappa shape index (κ3) is 3.48. The summed E-state index contributed by atoms with van der Waals surface area (Å²) in [5.74, 6) is -0.205. The Hall–Kier alpha value is -2.07. The molecular weight excluding hydrogens is 270 g/mol. The Bertz CT molecular complexity index is 635. The van der Waals surface area contributed by atoms with Gasteiger partial charge in [0.25, 0.3) is 5.91 Å². The molecule has 0 aromatic heterocycles. The highest BCUT2D eigenvalue weighted by Gasteiger charge is 2.07. The summed E-state index contributed by atoms with van der Waals surface area (Å²) in [7, 11) is 0. The van der Waals surface area contributed by atoms with Crippen LogP contribution in [0.2, 0.25) is 0 Å². The Morgan fingerprint density at radius 3 is 2.30 bits per heavy atom. The fourth-order valence-electron chi connectivity index (χ4n) is 1.76. The average Bonchev–Trinajstić information content (AvgIpc) is 2.47. The number of ketones is 1. The van der Waals surface area contributed by atoms with Crippen molar-refractivity contribution in [2.75, 3.05) is 11.6 Å². The van der Waals surface area contributed by atoms with E-state index in [0.717, 1.165) is 4.90 Å². The van der Waals surface area contributed by atoms with Gasteiger partial charge < -0.3 is 5.32 Å². The highest BCUT2D eigenvalue weighted by molar-refractivity contribution is 7.98. The number of Topliss-reactive ketones (excluding diaryl/α,β-unsaturated/α-hetero) is 1. The van der Waals surface area contributed by atoms with Gasteiger partial charge in [0.15, 0.2) is 5.78 Å². The molecule has 0 heterocycles. The number of hydrogen-bond acceptors (Lipinski definition) is 3. The molecule has 0 bridgehead atoms. The van der Waals surface area contributed by atoms with E-state index in [1.165, 1.54) is 6.92 Å². The fourth-order valence-corrected chi connectivity index (χ4v) is 2.17. The molecule has 2 aromatic rings. The van der Waals surface area contributed by atoms with E-state index in [4.69, 9.17) is 0 Å². The number of thioether (sulfide) groups is 1. The third-order valence-corrected chi connectivity index (χ3v) is 3.62. The van der Waals surface area contributed by atoms with Crippen molar-refractivity contribution < 1.29 is 9.59 Å². The van der Waals surface area contributed by atoms with Gasteiger partial charge in [0.1, 0.15) is 0 Å². The summed E-state index contributed by atoms with van der Waals surface area (Å²) >= 11 is 1.63. The molecule has 0 aliphatic carbocycles. The van der Waals surface area contributed by atoms with Crippen molar-refractivity contribution in [2.24, 2.45) is 0 Å². The van der Waals surface area contributed by atoms with E-state index in [9.17, 15) is 9.59 Å². The van der Waals surface area contributed by atoms with Crippen molar-refractivity contribution in [1.82, 2.24) is 0 Å². The van der Waals surface area contributed by atoms with Crippen LogP contribution in [0.25, 0.3) is 0 Å². The summed E-state index contributed by atoms with van der Waals surface area (Å²) < 4.78 is 0. The second kappa shape index (κ2) is 6.39. The van der Waals surface area contributed by atoms with Gasteiger partial charge in [0.2, 0.25) is 0 Å². The van der Waals surface area contributed by atoms with Gasteiger partial charge >= 0.3 is 0 Å². The van der Waals surface area contributed by atoms with E-state index in [0.29, 0.717) is 16.8 Å². The van der Waals surface area contributed by atoms with Gasteiger partial charge in [-0.15, -0.1) is 11.8 Å². The lowest BCUT2D eigenvalue weighted by atomic mass is 10.1. The van der Waals surface area contributed by atoms with Gasteiger partial charge in [-0.05, 0) is 49.6 Å². The SMILES string of the molecule is CSc1ccc(C(=O)Nc2cccc(C(C)=O)c2)cc1. The zero-order chi connectivity index (χ0) is 14.5. The second-order valence-corrected chi connectivity index (χ2v) is 5.20. The first-order valence-corrected chi connectivity index (χ1v) is 7.39. The van der Waals surface area contributed by atoms with E-state index in [-0.39, 0.29) is 11.7 Å². The highest BCUT2D eigenvalue weighted by atomic mass is 32.2. The van der Waals surface area contributed by atoms with Crippen LogP contribution in [0.4, 0.5) is 5.69 Å². The van der Waals surface area contributed by atoms with Crippen LogP contribution in [0.1, 0.15) is 27.6 Å². The summed E-state index contributed by atoms with van der Waals surface area (Å²) in [6.45, 7) is 1.50. The van der Waals surface area contributed by atoms with E-state index >= 15 is 0 Å². The molecule has 2 rings (SSSR count). The molecule has 2 aromatic carbocycles. The maximum absolute atomic E-state index is 12.1. The quantitative estimate of drug-likeness (QED) is 0.685. The summed E-state index contributed by atoms with van der Waals surface area (Å²) in [6.07, 6.45) is 1.99. The molecule has 4 heteroatoms. The van der Waals surface area contributed by atoms with Crippen molar-refractivity contribution in [3.63, 3.8) is 0 Å². The van der Waals surface area contributed by atoms with E-state index in [2.05, 4.69) is 5.32 Å². The number of benzene rings is 2. The molecule has 0 aliphatic rings. The minimum Gasteiger partial charge on any atom is -0.322 e. The number of nitrogens with one attached hydrogen (secondary N) is 1. The first-order valence-electron chi connectivity index (χ1n) is 6.16. The molecule has 0 atom stereocenters. The predicted molar refractivity (Wildman–Crippen MR) is 82.6 cm³/mol. The van der Waals surface area contributed by atoms with Crippen LogP contribution in [-0.4, -0.2) is 17.9 Å². The zero-order valence-corrected chi connectivity index (χ0v) is 12.2. The number of carbonyl (C=O) groups excluding carboxylic acids is 2. The van der Waals surface area contributed by atoms with E-state index < -0.39 is 0 Å². The minimum absolute atomic E-state index is 0.0228.